The summed E-state index contributed by atoms with van der Waals surface area (Å²) in [5.74, 6) is -0.231. The van der Waals surface area contributed by atoms with E-state index >= 15 is 0 Å². The Morgan fingerprint density at radius 2 is 1.67 bits per heavy atom. The van der Waals surface area contributed by atoms with Crippen molar-refractivity contribution in [1.29, 1.82) is 0 Å². The molecule has 3 rings (SSSR count). The topological polar surface area (TPSA) is 104 Å². The predicted octanol–water partition coefficient (Wildman–Crippen LogP) is 2.19. The van der Waals surface area contributed by atoms with Gasteiger partial charge in [-0.2, -0.15) is 0 Å². The normalized spacial score (nSPS) is 10.6. The Hall–Kier alpha value is -3.19. The second kappa shape index (κ2) is 6.51. The second-order valence-corrected chi connectivity index (χ2v) is 5.33. The van der Waals surface area contributed by atoms with Crippen molar-refractivity contribution in [3.63, 3.8) is 0 Å². The molecule has 0 saturated heterocycles. The van der Waals surface area contributed by atoms with Crippen molar-refractivity contribution in [3.8, 4) is 0 Å². The fraction of sp³-hybridized carbons (Fsp3) is 0.118. The van der Waals surface area contributed by atoms with Crippen LogP contribution in [0.25, 0.3) is 10.8 Å². The van der Waals surface area contributed by atoms with E-state index in [1.165, 1.54) is 0 Å². The minimum absolute atomic E-state index is 0.233. The molecular formula is C17H15N3O4. The first-order chi connectivity index (χ1) is 11.6. The maximum absolute atomic E-state index is 12.2. The van der Waals surface area contributed by atoms with Gasteiger partial charge in [-0.1, -0.05) is 17.3 Å². The van der Waals surface area contributed by atoms with Crippen molar-refractivity contribution >= 4 is 22.6 Å². The summed E-state index contributed by atoms with van der Waals surface area (Å²) in [4.78, 5) is 23.6. The largest absolute Gasteiger partial charge is 0.359 e. The number of amides is 2. The van der Waals surface area contributed by atoms with Crippen LogP contribution < -0.4 is 10.8 Å². The average molecular weight is 325 g/mol. The quantitative estimate of drug-likeness (QED) is 0.504. The van der Waals surface area contributed by atoms with Crippen LogP contribution >= 0.6 is 0 Å². The van der Waals surface area contributed by atoms with Gasteiger partial charge in [-0.15, -0.1) is 0 Å². The number of hydrogen-bond acceptors (Lipinski definition) is 5. The molecule has 0 bridgehead atoms. The number of carbonyl (C=O) groups is 2. The Morgan fingerprint density at radius 3 is 2.21 bits per heavy atom. The zero-order valence-electron chi connectivity index (χ0n) is 12.9. The van der Waals surface area contributed by atoms with Crippen LogP contribution in [0.1, 0.15) is 32.2 Å². The summed E-state index contributed by atoms with van der Waals surface area (Å²) >= 11 is 0. The summed E-state index contributed by atoms with van der Waals surface area (Å²) in [5, 5.41) is 16.8. The fourth-order valence-electron chi connectivity index (χ4n) is 2.36. The lowest BCUT2D eigenvalue weighted by molar-refractivity contribution is 0.0706. The van der Waals surface area contributed by atoms with Crippen LogP contribution in [0.4, 0.5) is 0 Å². The zero-order chi connectivity index (χ0) is 17.1. The number of hydrogen-bond donors (Lipinski definition) is 3. The smallest absolute Gasteiger partial charge is 0.274 e. The standard InChI is InChI=1S/C17H15N3O4/c1-10-6-15(24-20-10)9-18-16(21)13-4-2-12-8-14(17(22)19-23)5-3-11(12)7-13/h2-8,23H,9H2,1H3,(H,18,21)(H,19,22). The van der Waals surface area contributed by atoms with Crippen molar-refractivity contribution in [1.82, 2.24) is 16.0 Å². The Balaban J connectivity index is 1.77. The molecule has 2 aromatic carbocycles. The molecule has 0 saturated carbocycles. The monoisotopic (exact) mass is 325 g/mol. The highest BCUT2D eigenvalue weighted by atomic mass is 16.5. The number of hydroxylamine groups is 1. The van der Waals surface area contributed by atoms with Crippen molar-refractivity contribution < 1.29 is 19.3 Å². The van der Waals surface area contributed by atoms with Gasteiger partial charge in [-0.25, -0.2) is 5.48 Å². The van der Waals surface area contributed by atoms with Gasteiger partial charge in [0.25, 0.3) is 11.8 Å². The molecule has 0 radical (unpaired) electrons. The van der Waals surface area contributed by atoms with Crippen LogP contribution in [0.2, 0.25) is 0 Å². The summed E-state index contributed by atoms with van der Waals surface area (Å²) in [6, 6.07) is 11.8. The summed E-state index contributed by atoms with van der Waals surface area (Å²) in [6.07, 6.45) is 0. The zero-order valence-corrected chi connectivity index (χ0v) is 12.9. The fourth-order valence-corrected chi connectivity index (χ4v) is 2.36. The van der Waals surface area contributed by atoms with Gasteiger partial charge in [0.2, 0.25) is 0 Å². The number of carbonyl (C=O) groups excluding carboxylic acids is 2. The molecule has 122 valence electrons. The first kappa shape index (κ1) is 15.7. The lowest BCUT2D eigenvalue weighted by atomic mass is 10.0. The van der Waals surface area contributed by atoms with Crippen molar-refractivity contribution in [2.75, 3.05) is 0 Å². The molecule has 0 atom stereocenters. The molecule has 0 aliphatic carbocycles. The second-order valence-electron chi connectivity index (χ2n) is 5.33. The van der Waals surface area contributed by atoms with Crippen LogP contribution in [0.15, 0.2) is 47.0 Å². The van der Waals surface area contributed by atoms with Gasteiger partial charge >= 0.3 is 0 Å². The van der Waals surface area contributed by atoms with Gasteiger partial charge < -0.3 is 9.84 Å². The van der Waals surface area contributed by atoms with Crippen molar-refractivity contribution in [2.45, 2.75) is 13.5 Å². The summed E-state index contributed by atoms with van der Waals surface area (Å²) in [7, 11) is 0. The molecule has 1 aromatic heterocycles. The maximum atomic E-state index is 12.2. The Labute approximate surface area is 137 Å². The van der Waals surface area contributed by atoms with E-state index in [1.54, 1.807) is 47.9 Å². The Bertz CT molecular complexity index is 917. The van der Waals surface area contributed by atoms with E-state index in [1.807, 2.05) is 6.92 Å². The first-order valence-electron chi connectivity index (χ1n) is 7.25. The highest BCUT2D eigenvalue weighted by molar-refractivity contribution is 6.01. The molecule has 2 amide bonds. The van der Waals surface area contributed by atoms with Crippen molar-refractivity contribution in [2.24, 2.45) is 0 Å². The van der Waals surface area contributed by atoms with Crippen LogP contribution in [0.5, 0.6) is 0 Å². The number of benzene rings is 2. The lowest BCUT2D eigenvalue weighted by Crippen LogP contribution is -2.22. The van der Waals surface area contributed by atoms with Gasteiger partial charge in [0.1, 0.15) is 0 Å². The van der Waals surface area contributed by atoms with E-state index in [9.17, 15) is 9.59 Å². The Kier molecular flexibility index (Phi) is 4.26. The Morgan fingerprint density at radius 1 is 1.04 bits per heavy atom. The highest BCUT2D eigenvalue weighted by Gasteiger charge is 2.10. The van der Waals surface area contributed by atoms with E-state index in [0.717, 1.165) is 16.5 Å². The molecule has 3 N–H and O–H groups in total. The van der Waals surface area contributed by atoms with Gasteiger partial charge in [0, 0.05) is 17.2 Å². The maximum Gasteiger partial charge on any atom is 0.274 e. The number of fused-ring (bicyclic) bond motifs is 1. The molecular weight excluding hydrogens is 310 g/mol. The van der Waals surface area contributed by atoms with E-state index in [2.05, 4.69) is 10.5 Å². The number of aromatic nitrogens is 1. The van der Waals surface area contributed by atoms with Gasteiger partial charge in [-0.05, 0) is 42.0 Å². The van der Waals surface area contributed by atoms with E-state index < -0.39 is 5.91 Å². The van der Waals surface area contributed by atoms with Gasteiger partial charge in [0.05, 0.1) is 12.2 Å². The van der Waals surface area contributed by atoms with Crippen LogP contribution in [0.3, 0.4) is 0 Å². The van der Waals surface area contributed by atoms with E-state index in [-0.39, 0.29) is 12.5 Å². The number of nitrogens with zero attached hydrogens (tertiary/aromatic N) is 1. The van der Waals surface area contributed by atoms with E-state index in [4.69, 9.17) is 9.73 Å². The molecule has 0 aliphatic rings. The summed E-state index contributed by atoms with van der Waals surface area (Å²) in [5.41, 5.74) is 3.18. The van der Waals surface area contributed by atoms with Crippen LogP contribution in [-0.4, -0.2) is 22.2 Å². The minimum Gasteiger partial charge on any atom is -0.359 e. The van der Waals surface area contributed by atoms with Crippen LogP contribution in [0, 0.1) is 6.92 Å². The lowest BCUT2D eigenvalue weighted by Gasteiger charge is -2.06. The number of nitrogens with one attached hydrogen (secondary N) is 2. The third-order valence-electron chi connectivity index (χ3n) is 3.57. The first-order valence-corrected chi connectivity index (χ1v) is 7.25. The molecule has 3 aromatic rings. The molecule has 0 unspecified atom stereocenters. The third kappa shape index (κ3) is 3.26. The molecule has 0 spiro atoms. The molecule has 7 heteroatoms. The number of aryl methyl sites for hydroxylation is 1. The molecule has 24 heavy (non-hydrogen) atoms. The minimum atomic E-state index is -0.582. The third-order valence-corrected chi connectivity index (χ3v) is 3.57. The highest BCUT2D eigenvalue weighted by Crippen LogP contribution is 2.18. The van der Waals surface area contributed by atoms with Gasteiger partial charge in [-0.3, -0.25) is 14.8 Å². The van der Waals surface area contributed by atoms with Crippen LogP contribution in [-0.2, 0) is 6.54 Å². The van der Waals surface area contributed by atoms with Crippen molar-refractivity contribution in [3.05, 3.63) is 65.0 Å². The molecule has 0 aliphatic heterocycles. The molecule has 1 heterocycles. The molecule has 0 fully saturated rings. The predicted molar refractivity (Wildman–Crippen MR) is 85.6 cm³/mol. The summed E-state index contributed by atoms with van der Waals surface area (Å²) < 4.78 is 5.04. The number of rotatable bonds is 4. The summed E-state index contributed by atoms with van der Waals surface area (Å²) in [6.45, 7) is 2.07. The van der Waals surface area contributed by atoms with Gasteiger partial charge in [0.15, 0.2) is 5.76 Å². The molecule has 7 nitrogen and oxygen atoms in total. The SMILES string of the molecule is Cc1cc(CNC(=O)c2ccc3cc(C(=O)NO)ccc3c2)on1. The van der Waals surface area contributed by atoms with E-state index in [0.29, 0.717) is 16.9 Å². The average Bonchev–Trinajstić information content (AvgIpc) is 3.03.